The fourth-order valence-electron chi connectivity index (χ4n) is 3.96. The molecule has 1 aliphatic heterocycles. The lowest BCUT2D eigenvalue weighted by Crippen LogP contribution is -2.30. The van der Waals surface area contributed by atoms with Gasteiger partial charge in [-0.1, -0.05) is 46.3 Å². The van der Waals surface area contributed by atoms with E-state index in [1.807, 2.05) is 73.7 Å². The van der Waals surface area contributed by atoms with Gasteiger partial charge >= 0.3 is 6.03 Å². The largest absolute Gasteiger partial charge is 0.371 e. The van der Waals surface area contributed by atoms with Crippen molar-refractivity contribution in [3.05, 3.63) is 88.4 Å². The van der Waals surface area contributed by atoms with E-state index in [4.69, 9.17) is 0 Å². The van der Waals surface area contributed by atoms with Gasteiger partial charge < -0.3 is 20.9 Å². The zero-order valence-electron chi connectivity index (χ0n) is 18.5. The first-order chi connectivity index (χ1) is 16.0. The summed E-state index contributed by atoms with van der Waals surface area (Å²) in [5, 5.41) is 8.75. The number of hydrogen-bond donors (Lipinski definition) is 3. The van der Waals surface area contributed by atoms with Crippen molar-refractivity contribution in [2.75, 3.05) is 28.6 Å². The molecule has 33 heavy (non-hydrogen) atoms. The van der Waals surface area contributed by atoms with Gasteiger partial charge in [-0.05, 0) is 67.8 Å². The highest BCUT2D eigenvalue weighted by Crippen LogP contribution is 2.28. The number of carbonyl (C=O) groups is 2. The molecule has 4 rings (SSSR count). The molecule has 0 aliphatic carbocycles. The smallest absolute Gasteiger partial charge is 0.323 e. The molecule has 1 aliphatic rings. The molecule has 3 aromatic carbocycles. The monoisotopic (exact) mass is 506 g/mol. The minimum absolute atomic E-state index is 0.137. The summed E-state index contributed by atoms with van der Waals surface area (Å²) in [7, 11) is 0. The van der Waals surface area contributed by atoms with Gasteiger partial charge in [-0.15, -0.1) is 0 Å². The summed E-state index contributed by atoms with van der Waals surface area (Å²) in [6.07, 6.45) is 2.22. The van der Waals surface area contributed by atoms with Crippen LogP contribution in [0.1, 0.15) is 41.7 Å². The number of amides is 3. The van der Waals surface area contributed by atoms with Crippen LogP contribution in [-0.4, -0.2) is 25.0 Å². The van der Waals surface area contributed by atoms with Crippen LogP contribution in [0.15, 0.2) is 77.3 Å². The molecule has 6 nitrogen and oxygen atoms in total. The van der Waals surface area contributed by atoms with Gasteiger partial charge in [0.25, 0.3) is 5.91 Å². The second kappa shape index (κ2) is 10.5. The topological polar surface area (TPSA) is 73.5 Å². The number of anilines is 3. The second-order valence-corrected chi connectivity index (χ2v) is 9.03. The van der Waals surface area contributed by atoms with Crippen molar-refractivity contribution in [1.29, 1.82) is 0 Å². The molecule has 3 amide bonds. The van der Waals surface area contributed by atoms with E-state index in [9.17, 15) is 9.59 Å². The van der Waals surface area contributed by atoms with Crippen LogP contribution in [0, 0.1) is 0 Å². The first-order valence-electron chi connectivity index (χ1n) is 11.1. The highest BCUT2D eigenvalue weighted by Gasteiger charge is 2.22. The molecule has 1 fully saturated rings. The van der Waals surface area contributed by atoms with Crippen LogP contribution in [0.3, 0.4) is 0 Å². The maximum atomic E-state index is 13.3. The van der Waals surface area contributed by atoms with E-state index in [0.717, 1.165) is 41.7 Å². The lowest BCUT2D eigenvalue weighted by atomic mass is 10.1. The van der Waals surface area contributed by atoms with Crippen molar-refractivity contribution in [2.24, 2.45) is 0 Å². The first kappa shape index (κ1) is 22.9. The van der Waals surface area contributed by atoms with E-state index in [1.54, 1.807) is 6.07 Å². The van der Waals surface area contributed by atoms with E-state index in [1.165, 1.54) is 0 Å². The number of nitrogens with one attached hydrogen (secondary N) is 3. The average Bonchev–Trinajstić information content (AvgIpc) is 3.36. The zero-order valence-corrected chi connectivity index (χ0v) is 20.1. The van der Waals surface area contributed by atoms with Gasteiger partial charge in [0.2, 0.25) is 0 Å². The van der Waals surface area contributed by atoms with E-state index in [2.05, 4.69) is 36.8 Å². The number of halogens is 1. The Bertz CT molecular complexity index is 1110. The van der Waals surface area contributed by atoms with Crippen molar-refractivity contribution in [3.8, 4) is 0 Å². The molecule has 0 saturated carbocycles. The summed E-state index contributed by atoms with van der Waals surface area (Å²) >= 11 is 3.38. The molecular formula is C26H27BrN4O2. The quantitative estimate of drug-likeness (QED) is 0.373. The van der Waals surface area contributed by atoms with Crippen molar-refractivity contribution in [2.45, 2.75) is 25.8 Å². The van der Waals surface area contributed by atoms with Gasteiger partial charge in [0.15, 0.2) is 0 Å². The average molecular weight is 507 g/mol. The predicted octanol–water partition coefficient (Wildman–Crippen LogP) is 6.18. The SMILES string of the molecule is CC(NC(=O)c1cc(NC(=O)Nc2ccc(Br)cc2)ccc1N1CCCC1)c1ccccc1. The third-order valence-corrected chi connectivity index (χ3v) is 6.22. The minimum Gasteiger partial charge on any atom is -0.371 e. The van der Waals surface area contributed by atoms with E-state index < -0.39 is 0 Å². The molecule has 1 unspecified atom stereocenters. The second-order valence-electron chi connectivity index (χ2n) is 8.12. The summed E-state index contributed by atoms with van der Waals surface area (Å²) < 4.78 is 0.936. The molecule has 7 heteroatoms. The Balaban J connectivity index is 1.53. The zero-order chi connectivity index (χ0) is 23.2. The maximum absolute atomic E-state index is 13.3. The lowest BCUT2D eigenvalue weighted by Gasteiger charge is -2.23. The minimum atomic E-state index is -0.366. The van der Waals surface area contributed by atoms with Crippen LogP contribution < -0.4 is 20.9 Å². The van der Waals surface area contributed by atoms with Crippen LogP contribution in [0.2, 0.25) is 0 Å². The maximum Gasteiger partial charge on any atom is 0.323 e. The van der Waals surface area contributed by atoms with Crippen LogP contribution in [0.5, 0.6) is 0 Å². The Hall–Kier alpha value is -3.32. The Labute approximate surface area is 202 Å². The lowest BCUT2D eigenvalue weighted by molar-refractivity contribution is 0.0940. The van der Waals surface area contributed by atoms with E-state index >= 15 is 0 Å². The van der Waals surface area contributed by atoms with E-state index in [-0.39, 0.29) is 18.0 Å². The molecule has 0 spiro atoms. The van der Waals surface area contributed by atoms with Gasteiger partial charge in [-0.25, -0.2) is 4.79 Å². The molecule has 1 atom stereocenters. The fourth-order valence-corrected chi connectivity index (χ4v) is 4.22. The Morgan fingerprint density at radius 2 is 1.52 bits per heavy atom. The Kier molecular flexibility index (Phi) is 7.29. The van der Waals surface area contributed by atoms with Gasteiger partial charge in [-0.2, -0.15) is 0 Å². The van der Waals surface area contributed by atoms with Crippen molar-refractivity contribution < 1.29 is 9.59 Å². The van der Waals surface area contributed by atoms with Gasteiger partial charge in [0.05, 0.1) is 11.6 Å². The third kappa shape index (κ3) is 5.93. The predicted molar refractivity (Wildman–Crippen MR) is 137 cm³/mol. The number of rotatable bonds is 6. The van der Waals surface area contributed by atoms with Crippen LogP contribution >= 0.6 is 15.9 Å². The third-order valence-electron chi connectivity index (χ3n) is 5.70. The number of benzene rings is 3. The molecule has 0 bridgehead atoms. The number of hydrogen-bond acceptors (Lipinski definition) is 3. The summed E-state index contributed by atoms with van der Waals surface area (Å²) in [6, 6.07) is 22.2. The first-order valence-corrected chi connectivity index (χ1v) is 11.9. The van der Waals surface area contributed by atoms with Crippen molar-refractivity contribution in [3.63, 3.8) is 0 Å². The Morgan fingerprint density at radius 1 is 0.879 bits per heavy atom. The van der Waals surface area contributed by atoms with Gasteiger partial charge in [0, 0.05) is 34.6 Å². The molecular weight excluding hydrogens is 480 g/mol. The normalized spacial score (nSPS) is 13.9. The van der Waals surface area contributed by atoms with Crippen molar-refractivity contribution >= 4 is 44.9 Å². The summed E-state index contributed by atoms with van der Waals surface area (Å²) in [6.45, 7) is 3.81. The summed E-state index contributed by atoms with van der Waals surface area (Å²) in [4.78, 5) is 28.0. The van der Waals surface area contributed by atoms with Crippen LogP contribution in [-0.2, 0) is 0 Å². The van der Waals surface area contributed by atoms with E-state index in [0.29, 0.717) is 16.9 Å². The van der Waals surface area contributed by atoms with Gasteiger partial charge in [-0.3, -0.25) is 4.79 Å². The molecule has 170 valence electrons. The van der Waals surface area contributed by atoms with Crippen LogP contribution in [0.25, 0.3) is 0 Å². The highest BCUT2D eigenvalue weighted by atomic mass is 79.9. The van der Waals surface area contributed by atoms with Crippen LogP contribution in [0.4, 0.5) is 21.9 Å². The number of carbonyl (C=O) groups excluding carboxylic acids is 2. The summed E-state index contributed by atoms with van der Waals surface area (Å²) in [5.74, 6) is -0.162. The number of urea groups is 1. The summed E-state index contributed by atoms with van der Waals surface area (Å²) in [5.41, 5.74) is 3.73. The fraction of sp³-hybridized carbons (Fsp3) is 0.231. The molecule has 3 aromatic rings. The van der Waals surface area contributed by atoms with Gasteiger partial charge in [0.1, 0.15) is 0 Å². The molecule has 1 heterocycles. The molecule has 1 saturated heterocycles. The number of nitrogens with zero attached hydrogens (tertiary/aromatic N) is 1. The highest BCUT2D eigenvalue weighted by molar-refractivity contribution is 9.10. The molecule has 0 aromatic heterocycles. The standard InChI is InChI=1S/C26H27BrN4O2/c1-18(19-7-3-2-4-8-19)28-25(32)23-17-22(13-14-24(23)31-15-5-6-16-31)30-26(33)29-21-11-9-20(27)10-12-21/h2-4,7-14,17-18H,5-6,15-16H2,1H3,(H,28,32)(H2,29,30,33). The van der Waals surface area contributed by atoms with Crippen molar-refractivity contribution in [1.82, 2.24) is 5.32 Å². The Morgan fingerprint density at radius 3 is 2.21 bits per heavy atom. The molecule has 3 N–H and O–H groups in total. The molecule has 0 radical (unpaired) electrons.